The van der Waals surface area contributed by atoms with E-state index in [4.69, 9.17) is 15.0 Å². The molecule has 0 N–H and O–H groups in total. The topological polar surface area (TPSA) is 43.6 Å². The molecular formula is C52H38N4. The Bertz CT molecular complexity index is 2780. The highest BCUT2D eigenvalue weighted by Gasteiger charge is 2.17. The van der Waals surface area contributed by atoms with Crippen LogP contribution in [0.3, 0.4) is 0 Å². The van der Waals surface area contributed by atoms with Crippen LogP contribution < -0.4 is 0 Å². The molecule has 0 aliphatic heterocycles. The van der Waals surface area contributed by atoms with Gasteiger partial charge < -0.3 is 4.57 Å². The van der Waals surface area contributed by atoms with Crippen molar-refractivity contribution in [3.63, 3.8) is 0 Å². The first-order valence-corrected chi connectivity index (χ1v) is 18.8. The first kappa shape index (κ1) is 34.3. The summed E-state index contributed by atoms with van der Waals surface area (Å²) in [6, 6.07) is 63.2. The summed E-state index contributed by atoms with van der Waals surface area (Å²) in [5.74, 6) is 1.81. The van der Waals surface area contributed by atoms with Gasteiger partial charge in [-0.3, -0.25) is 0 Å². The Morgan fingerprint density at radius 3 is 1.46 bits per heavy atom. The SMILES string of the molecule is C=C(/C=C\C(=C/C)c1nc(-c2ccc(-c3ccccc3)cc2)nc(-c2ccc(-c3ccccc3)cc2)n1)n1c2ccccc2c2cccc(-c3ccccc3)c21. The van der Waals surface area contributed by atoms with Crippen LogP contribution in [0.15, 0.2) is 207 Å². The third kappa shape index (κ3) is 6.65. The molecule has 7 aromatic carbocycles. The normalized spacial score (nSPS) is 11.8. The smallest absolute Gasteiger partial charge is 0.164 e. The van der Waals surface area contributed by atoms with Gasteiger partial charge in [0.05, 0.1) is 11.0 Å². The summed E-state index contributed by atoms with van der Waals surface area (Å²) in [5.41, 5.74) is 12.7. The van der Waals surface area contributed by atoms with E-state index in [9.17, 15) is 0 Å². The van der Waals surface area contributed by atoms with Crippen LogP contribution in [0, 0.1) is 0 Å². The van der Waals surface area contributed by atoms with Crippen molar-refractivity contribution in [2.45, 2.75) is 6.92 Å². The van der Waals surface area contributed by atoms with Crippen molar-refractivity contribution in [3.8, 4) is 56.2 Å². The molecule has 0 aliphatic rings. The van der Waals surface area contributed by atoms with E-state index in [-0.39, 0.29) is 0 Å². The van der Waals surface area contributed by atoms with E-state index < -0.39 is 0 Å². The fraction of sp³-hybridized carbons (Fsp3) is 0.0192. The Hall–Kier alpha value is -7.43. The third-order valence-corrected chi connectivity index (χ3v) is 10.2. The summed E-state index contributed by atoms with van der Waals surface area (Å²) in [4.78, 5) is 15.2. The summed E-state index contributed by atoms with van der Waals surface area (Å²) in [7, 11) is 0. The number of fused-ring (bicyclic) bond motifs is 3. The summed E-state index contributed by atoms with van der Waals surface area (Å²) in [6.07, 6.45) is 6.17. The molecule has 0 atom stereocenters. The molecule has 0 bridgehead atoms. The van der Waals surface area contributed by atoms with Gasteiger partial charge in [-0.15, -0.1) is 0 Å². The molecule has 4 nitrogen and oxygen atoms in total. The summed E-state index contributed by atoms with van der Waals surface area (Å²) < 4.78 is 2.27. The minimum atomic E-state index is 0.586. The standard InChI is InChI=1S/C52H38N4/c1-3-37(27-26-36(2)56-48-25-14-13-22-46(48)47-24-15-23-45(49(47)56)42-20-11-6-12-21-42)50-53-51(43-32-28-40(29-33-43)38-16-7-4-8-17-38)55-52(54-50)44-34-30-41(31-35-44)39-18-9-5-10-19-39/h3-35H,2H2,1H3/b27-26-,37-3+. The van der Waals surface area contributed by atoms with E-state index in [1.54, 1.807) is 0 Å². The molecule has 4 heteroatoms. The number of aromatic nitrogens is 4. The van der Waals surface area contributed by atoms with Gasteiger partial charge in [0.25, 0.3) is 0 Å². The van der Waals surface area contributed by atoms with E-state index >= 15 is 0 Å². The van der Waals surface area contributed by atoms with Gasteiger partial charge in [0, 0.05) is 38.7 Å². The van der Waals surface area contributed by atoms with E-state index in [2.05, 4.69) is 193 Å². The number of hydrogen-bond acceptors (Lipinski definition) is 3. The van der Waals surface area contributed by atoms with Gasteiger partial charge in [-0.1, -0.05) is 189 Å². The zero-order valence-corrected chi connectivity index (χ0v) is 31.0. The van der Waals surface area contributed by atoms with Crippen LogP contribution in [-0.4, -0.2) is 19.5 Å². The maximum absolute atomic E-state index is 5.08. The molecule has 0 amide bonds. The van der Waals surface area contributed by atoms with Crippen molar-refractivity contribution in [2.24, 2.45) is 0 Å². The second-order valence-corrected chi connectivity index (χ2v) is 13.7. The number of hydrogen-bond donors (Lipinski definition) is 0. The lowest BCUT2D eigenvalue weighted by Gasteiger charge is -2.12. The zero-order chi connectivity index (χ0) is 37.8. The highest BCUT2D eigenvalue weighted by atomic mass is 15.0. The maximum Gasteiger partial charge on any atom is 0.164 e. The molecular weight excluding hydrogens is 681 g/mol. The molecule has 0 radical (unpaired) electrons. The molecule has 0 spiro atoms. The quantitative estimate of drug-likeness (QED) is 0.140. The highest BCUT2D eigenvalue weighted by molar-refractivity contribution is 6.14. The maximum atomic E-state index is 5.08. The molecule has 9 aromatic rings. The zero-order valence-electron chi connectivity index (χ0n) is 31.0. The Morgan fingerprint density at radius 2 is 0.911 bits per heavy atom. The van der Waals surface area contributed by atoms with Crippen LogP contribution in [0.1, 0.15) is 12.7 Å². The first-order chi connectivity index (χ1) is 27.6. The van der Waals surface area contributed by atoms with Crippen molar-refractivity contribution >= 4 is 33.1 Å². The lowest BCUT2D eigenvalue weighted by Crippen LogP contribution is -2.02. The fourth-order valence-corrected chi connectivity index (χ4v) is 7.38. The molecule has 0 saturated carbocycles. The Labute approximate surface area is 327 Å². The van der Waals surface area contributed by atoms with E-state index in [1.807, 2.05) is 25.1 Å². The minimum absolute atomic E-state index is 0.586. The van der Waals surface area contributed by atoms with Crippen LogP contribution in [0.4, 0.5) is 0 Å². The van der Waals surface area contributed by atoms with Gasteiger partial charge in [-0.2, -0.15) is 0 Å². The van der Waals surface area contributed by atoms with E-state index in [0.717, 1.165) is 66.8 Å². The highest BCUT2D eigenvalue weighted by Crippen LogP contribution is 2.38. The Kier molecular flexibility index (Phi) is 9.28. The summed E-state index contributed by atoms with van der Waals surface area (Å²) in [6.45, 7) is 6.64. The third-order valence-electron chi connectivity index (χ3n) is 10.2. The number of nitrogens with zero attached hydrogens (tertiary/aromatic N) is 4. The minimum Gasteiger partial charge on any atom is -0.309 e. The van der Waals surface area contributed by atoms with Crippen molar-refractivity contribution in [1.29, 1.82) is 0 Å². The number of benzene rings is 7. The fourth-order valence-electron chi connectivity index (χ4n) is 7.38. The molecule has 0 aliphatic carbocycles. The predicted octanol–water partition coefficient (Wildman–Crippen LogP) is 13.4. The molecule has 9 rings (SSSR count). The first-order valence-electron chi connectivity index (χ1n) is 18.8. The van der Waals surface area contributed by atoms with Gasteiger partial charge in [0.1, 0.15) is 0 Å². The number of para-hydroxylation sites is 2. The van der Waals surface area contributed by atoms with Gasteiger partial charge >= 0.3 is 0 Å². The van der Waals surface area contributed by atoms with Crippen molar-refractivity contribution in [1.82, 2.24) is 19.5 Å². The van der Waals surface area contributed by atoms with Gasteiger partial charge in [-0.25, -0.2) is 15.0 Å². The molecule has 2 aromatic heterocycles. The van der Waals surface area contributed by atoms with Crippen LogP contribution in [0.2, 0.25) is 0 Å². The molecule has 266 valence electrons. The van der Waals surface area contributed by atoms with Crippen molar-refractivity contribution in [3.05, 3.63) is 213 Å². The van der Waals surface area contributed by atoms with E-state index in [1.165, 1.54) is 10.8 Å². The van der Waals surface area contributed by atoms with Crippen molar-refractivity contribution < 1.29 is 0 Å². The Morgan fingerprint density at radius 1 is 0.446 bits per heavy atom. The second-order valence-electron chi connectivity index (χ2n) is 13.7. The number of rotatable bonds is 9. The average molecular weight is 719 g/mol. The van der Waals surface area contributed by atoms with Gasteiger partial charge in [-0.05, 0) is 53.0 Å². The number of allylic oxidation sites excluding steroid dienone is 5. The lowest BCUT2D eigenvalue weighted by atomic mass is 10.0. The largest absolute Gasteiger partial charge is 0.309 e. The van der Waals surface area contributed by atoms with E-state index in [0.29, 0.717) is 17.5 Å². The monoisotopic (exact) mass is 718 g/mol. The molecule has 2 heterocycles. The average Bonchev–Trinajstić information content (AvgIpc) is 3.62. The Balaban J connectivity index is 1.12. The van der Waals surface area contributed by atoms with Crippen molar-refractivity contribution in [2.75, 3.05) is 0 Å². The van der Waals surface area contributed by atoms with Crippen LogP contribution in [0.25, 0.3) is 89.2 Å². The van der Waals surface area contributed by atoms with Gasteiger partial charge in [0.15, 0.2) is 17.5 Å². The van der Waals surface area contributed by atoms with Crippen LogP contribution >= 0.6 is 0 Å². The lowest BCUT2D eigenvalue weighted by molar-refractivity contribution is 1.04. The van der Waals surface area contributed by atoms with Crippen LogP contribution in [0.5, 0.6) is 0 Å². The second kappa shape index (κ2) is 15.1. The van der Waals surface area contributed by atoms with Gasteiger partial charge in [0.2, 0.25) is 0 Å². The molecule has 56 heavy (non-hydrogen) atoms. The molecule has 0 saturated heterocycles. The molecule has 0 unspecified atom stereocenters. The summed E-state index contributed by atoms with van der Waals surface area (Å²) >= 11 is 0. The van der Waals surface area contributed by atoms with Crippen LogP contribution in [-0.2, 0) is 0 Å². The predicted molar refractivity (Wildman–Crippen MR) is 235 cm³/mol. The summed E-state index contributed by atoms with van der Waals surface area (Å²) in [5, 5.41) is 2.37. The molecule has 0 fully saturated rings.